The van der Waals surface area contributed by atoms with Gasteiger partial charge in [0.25, 0.3) is 0 Å². The fraction of sp³-hybridized carbons (Fsp3) is 0.731. The van der Waals surface area contributed by atoms with Crippen molar-refractivity contribution in [3.05, 3.63) is 35.9 Å². The molecule has 0 radical (unpaired) electrons. The summed E-state index contributed by atoms with van der Waals surface area (Å²) in [5.74, 6) is 2.78. The van der Waals surface area contributed by atoms with E-state index in [1.807, 2.05) is 30.3 Å². The summed E-state index contributed by atoms with van der Waals surface area (Å²) >= 11 is 0. The summed E-state index contributed by atoms with van der Waals surface area (Å²) < 4.78 is 6.12. The first-order chi connectivity index (χ1) is 13.9. The van der Waals surface area contributed by atoms with Gasteiger partial charge in [-0.1, -0.05) is 32.0 Å². The van der Waals surface area contributed by atoms with Gasteiger partial charge in [0.2, 0.25) is 0 Å². The minimum atomic E-state index is -0.156. The van der Waals surface area contributed by atoms with E-state index in [1.54, 1.807) is 0 Å². The van der Waals surface area contributed by atoms with E-state index < -0.39 is 0 Å². The van der Waals surface area contributed by atoms with Crippen molar-refractivity contribution in [1.29, 1.82) is 0 Å². The Morgan fingerprint density at radius 1 is 0.931 bits per heavy atom. The predicted molar refractivity (Wildman–Crippen MR) is 113 cm³/mol. The van der Waals surface area contributed by atoms with Crippen molar-refractivity contribution < 1.29 is 14.6 Å². The molecule has 0 aromatic heterocycles. The maximum atomic E-state index is 12.7. The zero-order valence-electron chi connectivity index (χ0n) is 18.0. The molecule has 3 nitrogen and oxygen atoms in total. The molecule has 0 heterocycles. The second-order valence-electron chi connectivity index (χ2n) is 11.0. The molecule has 4 aliphatic rings. The summed E-state index contributed by atoms with van der Waals surface area (Å²) in [6, 6.07) is 9.45. The molecule has 158 valence electrons. The maximum Gasteiger partial charge on any atom is 0.338 e. The second-order valence-corrected chi connectivity index (χ2v) is 11.0. The van der Waals surface area contributed by atoms with E-state index >= 15 is 0 Å². The number of benzene rings is 1. The molecule has 4 aliphatic carbocycles. The van der Waals surface area contributed by atoms with E-state index in [4.69, 9.17) is 4.74 Å². The average molecular weight is 397 g/mol. The van der Waals surface area contributed by atoms with E-state index in [-0.39, 0.29) is 23.6 Å². The highest BCUT2D eigenvalue weighted by atomic mass is 16.5. The van der Waals surface area contributed by atoms with Gasteiger partial charge in [-0.15, -0.1) is 0 Å². The number of aliphatic hydroxyl groups excluding tert-OH is 1. The molecule has 3 heteroatoms. The fourth-order valence-electron chi connectivity index (χ4n) is 8.15. The minimum absolute atomic E-state index is 0.0554. The lowest BCUT2D eigenvalue weighted by atomic mass is 9.45. The van der Waals surface area contributed by atoms with Gasteiger partial charge < -0.3 is 9.84 Å². The lowest BCUT2D eigenvalue weighted by Crippen LogP contribution is -2.54. The largest absolute Gasteiger partial charge is 0.458 e. The summed E-state index contributed by atoms with van der Waals surface area (Å²) in [7, 11) is 0. The van der Waals surface area contributed by atoms with Gasteiger partial charge in [-0.05, 0) is 99.0 Å². The van der Waals surface area contributed by atoms with E-state index in [0.29, 0.717) is 22.8 Å². The van der Waals surface area contributed by atoms with Crippen molar-refractivity contribution in [1.82, 2.24) is 0 Å². The van der Waals surface area contributed by atoms with Gasteiger partial charge in [-0.3, -0.25) is 0 Å². The predicted octanol–water partition coefficient (Wildman–Crippen LogP) is 5.62. The van der Waals surface area contributed by atoms with Crippen molar-refractivity contribution in [3.63, 3.8) is 0 Å². The van der Waals surface area contributed by atoms with Crippen LogP contribution in [0.25, 0.3) is 0 Å². The van der Waals surface area contributed by atoms with Gasteiger partial charge in [-0.2, -0.15) is 0 Å². The van der Waals surface area contributed by atoms with E-state index in [1.165, 1.54) is 38.5 Å². The van der Waals surface area contributed by atoms with Crippen molar-refractivity contribution in [2.24, 2.45) is 34.5 Å². The Kier molecular flexibility index (Phi) is 4.81. The van der Waals surface area contributed by atoms with Gasteiger partial charge in [0, 0.05) is 5.41 Å². The second kappa shape index (κ2) is 7.11. The summed E-state index contributed by atoms with van der Waals surface area (Å²) in [6.45, 7) is 4.94. The van der Waals surface area contributed by atoms with E-state index in [0.717, 1.165) is 31.1 Å². The molecule has 0 spiro atoms. The first-order valence-corrected chi connectivity index (χ1v) is 11.9. The number of carbonyl (C=O) groups excluding carboxylic acids is 1. The third kappa shape index (κ3) is 3.07. The van der Waals surface area contributed by atoms with E-state index in [2.05, 4.69) is 13.8 Å². The van der Waals surface area contributed by atoms with Crippen LogP contribution >= 0.6 is 0 Å². The number of carbonyl (C=O) groups is 1. The molecule has 1 N–H and O–H groups in total. The van der Waals surface area contributed by atoms with Crippen LogP contribution in [-0.2, 0) is 4.74 Å². The molecule has 0 amide bonds. The SMILES string of the molecule is C[C@]12CC[C@H](O)C[C@@H]1CC[C@H]1[C@H]2CC[C@@]2(C)[C@@H]1CC[C@H]2OC(=O)c1ccccc1. The highest BCUT2D eigenvalue weighted by Gasteiger charge is 2.61. The van der Waals surface area contributed by atoms with Crippen LogP contribution in [0, 0.1) is 34.5 Å². The number of hydrogen-bond donors (Lipinski definition) is 1. The average Bonchev–Trinajstić information content (AvgIpc) is 3.05. The number of hydrogen-bond acceptors (Lipinski definition) is 3. The Balaban J connectivity index is 1.34. The summed E-state index contributed by atoms with van der Waals surface area (Å²) in [5, 5.41) is 10.2. The highest BCUT2D eigenvalue weighted by Crippen LogP contribution is 2.66. The van der Waals surface area contributed by atoms with Gasteiger partial charge in [0.05, 0.1) is 11.7 Å². The first-order valence-electron chi connectivity index (χ1n) is 11.9. The van der Waals surface area contributed by atoms with Crippen molar-refractivity contribution in [3.8, 4) is 0 Å². The lowest BCUT2D eigenvalue weighted by molar-refractivity contribution is -0.134. The number of esters is 1. The van der Waals surface area contributed by atoms with E-state index in [9.17, 15) is 9.90 Å². The molecule has 29 heavy (non-hydrogen) atoms. The molecule has 8 atom stereocenters. The monoisotopic (exact) mass is 396 g/mol. The molecule has 4 fully saturated rings. The van der Waals surface area contributed by atoms with Crippen LogP contribution in [-0.4, -0.2) is 23.3 Å². The Bertz CT molecular complexity index is 760. The third-order valence-electron chi connectivity index (χ3n) is 9.81. The third-order valence-corrected chi connectivity index (χ3v) is 9.81. The molecule has 0 aliphatic heterocycles. The Hall–Kier alpha value is -1.35. The molecule has 0 saturated heterocycles. The van der Waals surface area contributed by atoms with Gasteiger partial charge in [-0.25, -0.2) is 4.79 Å². The van der Waals surface area contributed by atoms with Crippen LogP contribution in [0.1, 0.15) is 82.0 Å². The molecule has 5 rings (SSSR count). The normalized spacial score (nSPS) is 46.3. The summed E-state index contributed by atoms with van der Waals surface area (Å²) in [6.07, 6.45) is 10.4. The molecule has 0 unspecified atom stereocenters. The zero-order chi connectivity index (χ0) is 20.2. The van der Waals surface area contributed by atoms with Crippen LogP contribution < -0.4 is 0 Å². The van der Waals surface area contributed by atoms with Crippen LogP contribution in [0.4, 0.5) is 0 Å². The smallest absolute Gasteiger partial charge is 0.338 e. The number of fused-ring (bicyclic) bond motifs is 5. The number of ether oxygens (including phenoxy) is 1. The minimum Gasteiger partial charge on any atom is -0.458 e. The fourth-order valence-corrected chi connectivity index (χ4v) is 8.15. The molecule has 1 aromatic rings. The topological polar surface area (TPSA) is 46.5 Å². The zero-order valence-corrected chi connectivity index (χ0v) is 18.0. The van der Waals surface area contributed by atoms with Crippen LogP contribution in [0.5, 0.6) is 0 Å². The molecule has 1 aromatic carbocycles. The van der Waals surface area contributed by atoms with Crippen LogP contribution in [0.2, 0.25) is 0 Å². The Labute approximate surface area is 175 Å². The van der Waals surface area contributed by atoms with Crippen LogP contribution in [0.15, 0.2) is 30.3 Å². The molecule has 0 bridgehead atoms. The van der Waals surface area contributed by atoms with Crippen molar-refractivity contribution in [2.45, 2.75) is 83.8 Å². The molecular weight excluding hydrogens is 360 g/mol. The number of aliphatic hydroxyl groups is 1. The molecule has 4 saturated carbocycles. The highest BCUT2D eigenvalue weighted by molar-refractivity contribution is 5.89. The lowest BCUT2D eigenvalue weighted by Gasteiger charge is -2.60. The van der Waals surface area contributed by atoms with Gasteiger partial charge >= 0.3 is 5.97 Å². The number of rotatable bonds is 2. The van der Waals surface area contributed by atoms with Crippen LogP contribution in [0.3, 0.4) is 0 Å². The summed E-state index contributed by atoms with van der Waals surface area (Å²) in [4.78, 5) is 12.7. The Morgan fingerprint density at radius 3 is 2.45 bits per heavy atom. The van der Waals surface area contributed by atoms with Crippen molar-refractivity contribution in [2.75, 3.05) is 0 Å². The van der Waals surface area contributed by atoms with Crippen molar-refractivity contribution >= 4 is 5.97 Å². The first kappa shape index (κ1) is 19.6. The van der Waals surface area contributed by atoms with Gasteiger partial charge in [0.1, 0.15) is 6.10 Å². The summed E-state index contributed by atoms with van der Waals surface area (Å²) in [5.41, 5.74) is 1.20. The van der Waals surface area contributed by atoms with Gasteiger partial charge in [0.15, 0.2) is 0 Å². The Morgan fingerprint density at radius 2 is 1.66 bits per heavy atom. The quantitative estimate of drug-likeness (QED) is 0.660. The molecular formula is C26H36O3. The standard InChI is InChI=1S/C26H36O3/c1-25-14-12-19(27)16-18(25)8-9-20-21-10-11-23(26(21,2)15-13-22(20)25)29-24(28)17-6-4-3-5-7-17/h3-7,18-23,27H,8-16H2,1-2H3/t18-,19-,20+,21+,22+,23+,25-,26-/m0/s1. The maximum absolute atomic E-state index is 12.7.